The standard InChI is InChI=1S/C25H27N7O2S/c1-15-17(3)35-24-22(15)23(34)27-20(28-24)13-21(33)29-26-14-19-16(2)30-32(18-9-5-4-6-10-18)25(19)31-11-7-8-12-31/h4-6,9-10,14H,7-8,11-13H2,1-3H3,(H,29,33)(H,27,28,34)/b26-14-. The molecular weight excluding hydrogens is 462 g/mol. The van der Waals surface area contributed by atoms with Crippen LogP contribution in [0.3, 0.4) is 0 Å². The van der Waals surface area contributed by atoms with Gasteiger partial charge in [0.1, 0.15) is 16.5 Å². The Morgan fingerprint density at radius 3 is 2.69 bits per heavy atom. The van der Waals surface area contributed by atoms with Crippen molar-refractivity contribution in [3.63, 3.8) is 0 Å². The normalized spacial score (nSPS) is 13.9. The molecule has 4 aromatic rings. The van der Waals surface area contributed by atoms with Crippen LogP contribution in [-0.2, 0) is 11.2 Å². The highest BCUT2D eigenvalue weighted by atomic mass is 32.1. The number of aryl methyl sites for hydroxylation is 3. The molecule has 0 radical (unpaired) electrons. The molecule has 0 unspecified atom stereocenters. The van der Waals surface area contributed by atoms with Crippen molar-refractivity contribution in [2.75, 3.05) is 18.0 Å². The fourth-order valence-corrected chi connectivity index (χ4v) is 5.45. The van der Waals surface area contributed by atoms with E-state index in [9.17, 15) is 9.59 Å². The lowest BCUT2D eigenvalue weighted by molar-refractivity contribution is -0.120. The molecule has 0 atom stereocenters. The van der Waals surface area contributed by atoms with Crippen molar-refractivity contribution in [2.24, 2.45) is 5.10 Å². The van der Waals surface area contributed by atoms with E-state index in [0.29, 0.717) is 16.0 Å². The van der Waals surface area contributed by atoms with E-state index in [1.54, 1.807) is 6.21 Å². The molecule has 3 aromatic heterocycles. The molecule has 1 aromatic carbocycles. The summed E-state index contributed by atoms with van der Waals surface area (Å²) in [5, 5.41) is 9.57. The van der Waals surface area contributed by atoms with Gasteiger partial charge in [0.2, 0.25) is 5.91 Å². The second-order valence-corrected chi connectivity index (χ2v) is 9.91. The molecular formula is C25H27N7O2S. The van der Waals surface area contributed by atoms with Crippen molar-refractivity contribution in [1.29, 1.82) is 0 Å². The van der Waals surface area contributed by atoms with Crippen molar-refractivity contribution in [3.8, 4) is 5.69 Å². The minimum Gasteiger partial charge on any atom is -0.356 e. The van der Waals surface area contributed by atoms with Gasteiger partial charge in [-0.1, -0.05) is 18.2 Å². The number of benzene rings is 1. The number of carbonyl (C=O) groups excluding carboxylic acids is 1. The molecule has 9 nitrogen and oxygen atoms in total. The lowest BCUT2D eigenvalue weighted by atomic mass is 10.2. The van der Waals surface area contributed by atoms with Gasteiger partial charge in [-0.15, -0.1) is 11.3 Å². The van der Waals surface area contributed by atoms with Gasteiger partial charge in [-0.2, -0.15) is 10.2 Å². The fourth-order valence-electron chi connectivity index (χ4n) is 4.40. The summed E-state index contributed by atoms with van der Waals surface area (Å²) < 4.78 is 1.94. The van der Waals surface area contributed by atoms with Crippen molar-refractivity contribution >= 4 is 39.5 Å². The molecule has 0 bridgehead atoms. The number of H-pyrrole nitrogens is 1. The van der Waals surface area contributed by atoms with Gasteiger partial charge in [-0.3, -0.25) is 9.59 Å². The zero-order chi connectivity index (χ0) is 24.5. The minimum atomic E-state index is -0.357. The maximum Gasteiger partial charge on any atom is 0.259 e. The number of thiophene rings is 1. The number of hydrogen-bond donors (Lipinski definition) is 2. The zero-order valence-electron chi connectivity index (χ0n) is 20.0. The number of amides is 1. The molecule has 1 fully saturated rings. The van der Waals surface area contributed by atoms with Gasteiger partial charge in [-0.05, 0) is 51.3 Å². The molecule has 1 amide bonds. The molecule has 180 valence electrons. The van der Waals surface area contributed by atoms with Crippen LogP contribution in [0.2, 0.25) is 0 Å². The number of nitrogens with zero attached hydrogens (tertiary/aromatic N) is 5. The third-order valence-corrected chi connectivity index (χ3v) is 7.39. The van der Waals surface area contributed by atoms with E-state index < -0.39 is 0 Å². The van der Waals surface area contributed by atoms with Gasteiger partial charge in [-0.25, -0.2) is 15.1 Å². The summed E-state index contributed by atoms with van der Waals surface area (Å²) >= 11 is 1.46. The van der Waals surface area contributed by atoms with Crippen LogP contribution in [0.5, 0.6) is 0 Å². The highest BCUT2D eigenvalue weighted by molar-refractivity contribution is 7.18. The van der Waals surface area contributed by atoms with E-state index in [1.165, 1.54) is 11.3 Å². The second kappa shape index (κ2) is 9.46. The molecule has 5 rings (SSSR count). The maximum atomic E-state index is 12.6. The second-order valence-electron chi connectivity index (χ2n) is 8.71. The van der Waals surface area contributed by atoms with Crippen LogP contribution >= 0.6 is 11.3 Å². The Labute approximate surface area is 206 Å². The summed E-state index contributed by atoms with van der Waals surface area (Å²) in [5.41, 5.74) is 5.96. The van der Waals surface area contributed by atoms with E-state index in [0.717, 1.165) is 59.1 Å². The SMILES string of the molecule is Cc1nn(-c2ccccc2)c(N2CCCC2)c1/C=N\NC(=O)Cc1nc2sc(C)c(C)c2c(=O)[nH]1. The first-order valence-corrected chi connectivity index (χ1v) is 12.4. The molecule has 4 heterocycles. The number of aromatic amines is 1. The van der Waals surface area contributed by atoms with Gasteiger partial charge < -0.3 is 9.88 Å². The number of nitrogens with one attached hydrogen (secondary N) is 2. The first kappa shape index (κ1) is 23.0. The van der Waals surface area contributed by atoms with Gasteiger partial charge in [0.25, 0.3) is 5.56 Å². The predicted molar refractivity (Wildman–Crippen MR) is 139 cm³/mol. The van der Waals surface area contributed by atoms with Gasteiger partial charge >= 0.3 is 0 Å². The first-order valence-electron chi connectivity index (χ1n) is 11.6. The Morgan fingerprint density at radius 2 is 1.94 bits per heavy atom. The van der Waals surface area contributed by atoms with Crippen LogP contribution in [0, 0.1) is 20.8 Å². The monoisotopic (exact) mass is 489 g/mol. The van der Waals surface area contributed by atoms with Gasteiger partial charge in [0.05, 0.1) is 35.0 Å². The molecule has 0 aliphatic carbocycles. The number of aromatic nitrogens is 4. The quantitative estimate of drug-likeness (QED) is 0.319. The van der Waals surface area contributed by atoms with Crippen molar-refractivity contribution in [3.05, 3.63) is 68.2 Å². The van der Waals surface area contributed by atoms with Crippen LogP contribution < -0.4 is 15.9 Å². The van der Waals surface area contributed by atoms with E-state index in [-0.39, 0.29) is 17.9 Å². The largest absolute Gasteiger partial charge is 0.356 e. The number of hydrazone groups is 1. The summed E-state index contributed by atoms with van der Waals surface area (Å²) in [4.78, 5) is 36.2. The Balaban J connectivity index is 1.36. The summed E-state index contributed by atoms with van der Waals surface area (Å²) in [6.45, 7) is 7.71. The molecule has 35 heavy (non-hydrogen) atoms. The van der Waals surface area contributed by atoms with Crippen LogP contribution in [0.4, 0.5) is 5.82 Å². The fraction of sp³-hybridized carbons (Fsp3) is 0.320. The minimum absolute atomic E-state index is 0.0697. The number of para-hydroxylation sites is 1. The average molecular weight is 490 g/mol. The molecule has 1 aliphatic rings. The molecule has 2 N–H and O–H groups in total. The van der Waals surface area contributed by atoms with Crippen LogP contribution in [0.25, 0.3) is 15.9 Å². The Hall–Kier alpha value is -3.79. The molecule has 0 spiro atoms. The smallest absolute Gasteiger partial charge is 0.259 e. The number of hydrogen-bond acceptors (Lipinski definition) is 7. The predicted octanol–water partition coefficient (Wildman–Crippen LogP) is 3.39. The average Bonchev–Trinajstić information content (AvgIpc) is 3.53. The summed E-state index contributed by atoms with van der Waals surface area (Å²) in [7, 11) is 0. The third kappa shape index (κ3) is 4.49. The zero-order valence-corrected chi connectivity index (χ0v) is 20.8. The topological polar surface area (TPSA) is 108 Å². The molecule has 1 aliphatic heterocycles. The van der Waals surface area contributed by atoms with Crippen LogP contribution in [0.1, 0.15) is 40.4 Å². The number of anilines is 1. The summed E-state index contributed by atoms with van der Waals surface area (Å²) in [5.74, 6) is 0.941. The van der Waals surface area contributed by atoms with Crippen LogP contribution in [-0.4, -0.2) is 45.0 Å². The van der Waals surface area contributed by atoms with Crippen molar-refractivity contribution < 1.29 is 4.79 Å². The van der Waals surface area contributed by atoms with E-state index in [2.05, 4.69) is 25.4 Å². The van der Waals surface area contributed by atoms with E-state index >= 15 is 0 Å². The number of fused-ring (bicyclic) bond motifs is 1. The van der Waals surface area contributed by atoms with Crippen LogP contribution in [0.15, 0.2) is 40.2 Å². The van der Waals surface area contributed by atoms with Gasteiger partial charge in [0.15, 0.2) is 0 Å². The molecule has 1 saturated heterocycles. The van der Waals surface area contributed by atoms with Crippen molar-refractivity contribution in [2.45, 2.75) is 40.0 Å². The maximum absolute atomic E-state index is 12.6. The van der Waals surface area contributed by atoms with E-state index in [1.807, 2.05) is 55.8 Å². The highest BCUT2D eigenvalue weighted by Crippen LogP contribution is 2.29. The number of carbonyl (C=O) groups is 1. The van der Waals surface area contributed by atoms with E-state index in [4.69, 9.17) is 5.10 Å². The highest BCUT2D eigenvalue weighted by Gasteiger charge is 2.23. The molecule has 10 heteroatoms. The Kier molecular flexibility index (Phi) is 6.21. The first-order chi connectivity index (χ1) is 16.9. The summed E-state index contributed by atoms with van der Waals surface area (Å²) in [6.07, 6.45) is 3.84. The van der Waals surface area contributed by atoms with Crippen molar-refractivity contribution in [1.82, 2.24) is 25.2 Å². The summed E-state index contributed by atoms with van der Waals surface area (Å²) in [6, 6.07) is 10.0. The lowest BCUT2D eigenvalue weighted by Gasteiger charge is -2.20. The Morgan fingerprint density at radius 1 is 1.20 bits per heavy atom. The lowest BCUT2D eigenvalue weighted by Crippen LogP contribution is -2.24. The third-order valence-electron chi connectivity index (χ3n) is 6.29. The Bertz CT molecular complexity index is 1480. The number of rotatable bonds is 6. The van der Waals surface area contributed by atoms with Gasteiger partial charge in [0, 0.05) is 18.0 Å². The molecule has 0 saturated carbocycles.